The molecule has 0 aromatic rings. The summed E-state index contributed by atoms with van der Waals surface area (Å²) in [4.78, 5) is 4.83. The Morgan fingerprint density at radius 2 is 2.07 bits per heavy atom. The van der Waals surface area contributed by atoms with Gasteiger partial charge in [-0.25, -0.2) is 0 Å². The average Bonchev–Trinajstić information content (AvgIpc) is 2.19. The smallest absolute Gasteiger partial charge is 0.103 e. The van der Waals surface area contributed by atoms with Crippen molar-refractivity contribution in [1.82, 2.24) is 15.1 Å². The van der Waals surface area contributed by atoms with Crippen LogP contribution in [0.25, 0.3) is 0 Å². The van der Waals surface area contributed by atoms with Gasteiger partial charge in [-0.05, 0) is 18.6 Å². The summed E-state index contributed by atoms with van der Waals surface area (Å²) in [5.74, 6) is 0. The third-order valence-corrected chi connectivity index (χ3v) is 2.97. The molecule has 2 heterocycles. The SMILES string of the molecule is CC1=CC=CN(C)C1N1CCNCC1. The highest BCUT2D eigenvalue weighted by Gasteiger charge is 2.24. The van der Waals surface area contributed by atoms with Crippen molar-refractivity contribution in [3.63, 3.8) is 0 Å². The van der Waals surface area contributed by atoms with Gasteiger partial charge in [-0.15, -0.1) is 0 Å². The van der Waals surface area contributed by atoms with Gasteiger partial charge in [0, 0.05) is 39.4 Å². The Balaban J connectivity index is 2.07. The molecule has 1 fully saturated rings. The molecular formula is C11H19N3. The summed E-state index contributed by atoms with van der Waals surface area (Å²) in [6.45, 7) is 6.73. The molecule has 1 N–H and O–H groups in total. The molecule has 0 aromatic carbocycles. The average molecular weight is 193 g/mol. The van der Waals surface area contributed by atoms with Crippen LogP contribution in [-0.4, -0.2) is 49.2 Å². The van der Waals surface area contributed by atoms with E-state index in [9.17, 15) is 0 Å². The van der Waals surface area contributed by atoms with Crippen LogP contribution in [0.5, 0.6) is 0 Å². The quantitative estimate of drug-likeness (QED) is 0.659. The lowest BCUT2D eigenvalue weighted by Gasteiger charge is -2.41. The van der Waals surface area contributed by atoms with E-state index in [0.717, 1.165) is 26.2 Å². The molecule has 14 heavy (non-hydrogen) atoms. The zero-order chi connectivity index (χ0) is 9.97. The fraction of sp³-hybridized carbons (Fsp3) is 0.636. The summed E-state index contributed by atoms with van der Waals surface area (Å²) >= 11 is 0. The minimum absolute atomic E-state index is 0.474. The summed E-state index contributed by atoms with van der Waals surface area (Å²) < 4.78 is 0. The highest BCUT2D eigenvalue weighted by molar-refractivity contribution is 5.21. The number of nitrogens with zero attached hydrogens (tertiary/aromatic N) is 2. The van der Waals surface area contributed by atoms with Crippen LogP contribution >= 0.6 is 0 Å². The molecule has 78 valence electrons. The van der Waals surface area contributed by atoms with Gasteiger partial charge in [-0.1, -0.05) is 6.08 Å². The number of hydrogen-bond acceptors (Lipinski definition) is 3. The standard InChI is InChI=1S/C11H19N3/c1-10-4-3-7-13(2)11(10)14-8-5-12-6-9-14/h3-4,7,11-12H,5-6,8-9H2,1-2H3. The van der Waals surface area contributed by atoms with Crippen LogP contribution in [0.1, 0.15) is 6.92 Å². The Kier molecular flexibility index (Phi) is 2.89. The highest BCUT2D eigenvalue weighted by Crippen LogP contribution is 2.18. The van der Waals surface area contributed by atoms with E-state index in [0.29, 0.717) is 6.17 Å². The van der Waals surface area contributed by atoms with Gasteiger partial charge in [0.1, 0.15) is 6.17 Å². The normalized spacial score (nSPS) is 29.1. The summed E-state index contributed by atoms with van der Waals surface area (Å²) in [5, 5.41) is 3.39. The molecule has 0 aliphatic carbocycles. The first kappa shape index (κ1) is 9.74. The summed E-state index contributed by atoms with van der Waals surface area (Å²) in [6, 6.07) is 0. The molecule has 0 spiro atoms. The Morgan fingerprint density at radius 1 is 1.36 bits per heavy atom. The number of hydrogen-bond donors (Lipinski definition) is 1. The predicted octanol–water partition coefficient (Wildman–Crippen LogP) is 0.623. The zero-order valence-electron chi connectivity index (χ0n) is 9.03. The van der Waals surface area contributed by atoms with Crippen molar-refractivity contribution in [3.05, 3.63) is 23.9 Å². The second-order valence-corrected chi connectivity index (χ2v) is 4.08. The van der Waals surface area contributed by atoms with Gasteiger partial charge in [0.25, 0.3) is 0 Å². The molecule has 3 nitrogen and oxygen atoms in total. The topological polar surface area (TPSA) is 18.5 Å². The van der Waals surface area contributed by atoms with Crippen molar-refractivity contribution >= 4 is 0 Å². The molecule has 0 saturated carbocycles. The first-order valence-electron chi connectivity index (χ1n) is 5.31. The van der Waals surface area contributed by atoms with E-state index in [1.54, 1.807) is 0 Å². The fourth-order valence-electron chi connectivity index (χ4n) is 2.29. The van der Waals surface area contributed by atoms with Crippen LogP contribution in [0.4, 0.5) is 0 Å². The van der Waals surface area contributed by atoms with Gasteiger partial charge in [-0.3, -0.25) is 4.90 Å². The van der Waals surface area contributed by atoms with Gasteiger partial charge < -0.3 is 10.2 Å². The van der Waals surface area contributed by atoms with Gasteiger partial charge in [0.15, 0.2) is 0 Å². The van der Waals surface area contributed by atoms with E-state index < -0.39 is 0 Å². The zero-order valence-corrected chi connectivity index (χ0v) is 9.03. The van der Waals surface area contributed by atoms with Crippen LogP contribution in [0.2, 0.25) is 0 Å². The van der Waals surface area contributed by atoms with Crippen LogP contribution in [-0.2, 0) is 0 Å². The van der Waals surface area contributed by atoms with Gasteiger partial charge in [-0.2, -0.15) is 0 Å². The van der Waals surface area contributed by atoms with Crippen molar-refractivity contribution in [1.29, 1.82) is 0 Å². The van der Waals surface area contributed by atoms with E-state index >= 15 is 0 Å². The Hall–Kier alpha value is -0.800. The minimum atomic E-state index is 0.474. The van der Waals surface area contributed by atoms with Crippen LogP contribution in [0.3, 0.4) is 0 Å². The first-order valence-corrected chi connectivity index (χ1v) is 5.31. The molecule has 0 radical (unpaired) electrons. The second-order valence-electron chi connectivity index (χ2n) is 4.08. The largest absolute Gasteiger partial charge is 0.361 e. The van der Waals surface area contributed by atoms with Crippen LogP contribution in [0, 0.1) is 0 Å². The van der Waals surface area contributed by atoms with E-state index in [1.807, 2.05) is 0 Å². The Morgan fingerprint density at radius 3 is 2.71 bits per heavy atom. The molecule has 0 bridgehead atoms. The lowest BCUT2D eigenvalue weighted by molar-refractivity contribution is 0.105. The number of likely N-dealkylation sites (N-methyl/N-ethyl adjacent to an activating group) is 1. The molecular weight excluding hydrogens is 174 g/mol. The molecule has 2 rings (SSSR count). The van der Waals surface area contributed by atoms with Gasteiger partial charge >= 0.3 is 0 Å². The molecule has 1 atom stereocenters. The summed E-state index contributed by atoms with van der Waals surface area (Å²) in [5.41, 5.74) is 1.44. The van der Waals surface area contributed by atoms with E-state index in [4.69, 9.17) is 0 Å². The maximum absolute atomic E-state index is 3.39. The van der Waals surface area contributed by atoms with Gasteiger partial charge in [0.05, 0.1) is 0 Å². The monoisotopic (exact) mass is 193 g/mol. The predicted molar refractivity (Wildman–Crippen MR) is 58.9 cm³/mol. The van der Waals surface area contributed by atoms with E-state index in [-0.39, 0.29) is 0 Å². The van der Waals surface area contributed by atoms with Crippen LogP contribution < -0.4 is 5.32 Å². The molecule has 2 aliphatic heterocycles. The maximum atomic E-state index is 3.39. The van der Waals surface area contributed by atoms with Crippen molar-refractivity contribution < 1.29 is 0 Å². The molecule has 2 aliphatic rings. The number of nitrogens with one attached hydrogen (secondary N) is 1. The van der Waals surface area contributed by atoms with E-state index in [2.05, 4.69) is 47.4 Å². The lowest BCUT2D eigenvalue weighted by atomic mass is 10.1. The Labute approximate surface area is 86.1 Å². The molecule has 3 heteroatoms. The maximum Gasteiger partial charge on any atom is 0.103 e. The highest BCUT2D eigenvalue weighted by atomic mass is 15.4. The summed E-state index contributed by atoms with van der Waals surface area (Å²) in [7, 11) is 2.15. The summed E-state index contributed by atoms with van der Waals surface area (Å²) in [6.07, 6.45) is 6.96. The van der Waals surface area contributed by atoms with Crippen LogP contribution in [0.15, 0.2) is 23.9 Å². The minimum Gasteiger partial charge on any atom is -0.361 e. The second kappa shape index (κ2) is 4.15. The molecule has 1 unspecified atom stereocenters. The molecule has 0 amide bonds. The first-order chi connectivity index (χ1) is 6.79. The third kappa shape index (κ3) is 1.83. The number of allylic oxidation sites excluding steroid dienone is 2. The van der Waals surface area contributed by atoms with E-state index in [1.165, 1.54) is 5.57 Å². The van der Waals surface area contributed by atoms with Crippen molar-refractivity contribution in [2.45, 2.75) is 13.1 Å². The molecule has 0 aromatic heterocycles. The molecule has 1 saturated heterocycles. The Bertz CT molecular complexity index is 251. The fourth-order valence-corrected chi connectivity index (χ4v) is 2.29. The lowest BCUT2D eigenvalue weighted by Crippen LogP contribution is -2.53. The number of piperazine rings is 1. The third-order valence-electron chi connectivity index (χ3n) is 2.97. The number of rotatable bonds is 1. The van der Waals surface area contributed by atoms with Crippen molar-refractivity contribution in [2.24, 2.45) is 0 Å². The van der Waals surface area contributed by atoms with Crippen molar-refractivity contribution in [3.8, 4) is 0 Å². The van der Waals surface area contributed by atoms with Crippen molar-refractivity contribution in [2.75, 3.05) is 33.2 Å². The van der Waals surface area contributed by atoms with Gasteiger partial charge in [0.2, 0.25) is 0 Å².